The maximum Gasteiger partial charge on any atom is 0.257 e. The highest BCUT2D eigenvalue weighted by atomic mass is 35.5. The summed E-state index contributed by atoms with van der Waals surface area (Å²) in [5.41, 5.74) is 1.33. The maximum absolute atomic E-state index is 12.8. The number of carbonyl (C=O) groups is 1. The van der Waals surface area contributed by atoms with Crippen molar-refractivity contribution >= 4 is 33.2 Å². The maximum atomic E-state index is 12.8. The minimum atomic E-state index is -3.72. The van der Waals surface area contributed by atoms with E-state index in [9.17, 15) is 18.0 Å². The van der Waals surface area contributed by atoms with Crippen LogP contribution in [-0.2, 0) is 10.0 Å². The van der Waals surface area contributed by atoms with E-state index < -0.39 is 15.9 Å². The molecule has 0 fully saturated rings. The van der Waals surface area contributed by atoms with E-state index in [-0.39, 0.29) is 21.0 Å². The van der Waals surface area contributed by atoms with Gasteiger partial charge in [0.15, 0.2) is 0 Å². The van der Waals surface area contributed by atoms with Gasteiger partial charge in [0.1, 0.15) is 5.82 Å². The van der Waals surface area contributed by atoms with Crippen molar-refractivity contribution in [2.75, 3.05) is 19.4 Å². The molecule has 0 saturated carbocycles. The molecule has 0 radical (unpaired) electrons. The van der Waals surface area contributed by atoms with Crippen LogP contribution in [0.3, 0.4) is 0 Å². The van der Waals surface area contributed by atoms with Crippen LogP contribution in [0.15, 0.2) is 58.2 Å². The van der Waals surface area contributed by atoms with Crippen LogP contribution in [0, 0.1) is 6.92 Å². The molecule has 0 saturated heterocycles. The molecule has 0 bridgehead atoms. The second-order valence-corrected chi connectivity index (χ2v) is 9.26. The van der Waals surface area contributed by atoms with Crippen LogP contribution in [0.5, 0.6) is 0 Å². The fourth-order valence-electron chi connectivity index (χ4n) is 2.71. The minimum absolute atomic E-state index is 0.0204. The number of nitrogens with one attached hydrogen (secondary N) is 2. The minimum Gasteiger partial charge on any atom is -0.322 e. The summed E-state index contributed by atoms with van der Waals surface area (Å²) >= 11 is 6.13. The SMILES string of the molecule is Cc1cc(=O)[nH]c(-c2cccc(NC(=O)c3cc(S(=O)(=O)N(C)C)ccc3Cl)c2)n1. The molecular formula is C20H19ClN4O4S. The molecule has 0 atom stereocenters. The van der Waals surface area contributed by atoms with Crippen molar-refractivity contribution in [2.45, 2.75) is 11.8 Å². The van der Waals surface area contributed by atoms with Crippen LogP contribution in [0.4, 0.5) is 5.69 Å². The first-order valence-electron chi connectivity index (χ1n) is 8.80. The largest absolute Gasteiger partial charge is 0.322 e. The molecule has 0 aliphatic carbocycles. The molecule has 0 aliphatic rings. The fourth-order valence-corrected chi connectivity index (χ4v) is 3.84. The van der Waals surface area contributed by atoms with Gasteiger partial charge in [-0.1, -0.05) is 23.7 Å². The molecule has 10 heteroatoms. The number of sulfonamides is 1. The third-order valence-corrected chi connectivity index (χ3v) is 6.37. The van der Waals surface area contributed by atoms with Crippen LogP contribution in [0.1, 0.15) is 16.1 Å². The number of anilines is 1. The van der Waals surface area contributed by atoms with E-state index >= 15 is 0 Å². The number of aromatic amines is 1. The summed E-state index contributed by atoms with van der Waals surface area (Å²) in [5, 5.41) is 2.81. The number of nitrogens with zero attached hydrogens (tertiary/aromatic N) is 2. The molecular weight excluding hydrogens is 428 g/mol. The smallest absolute Gasteiger partial charge is 0.257 e. The highest BCUT2D eigenvalue weighted by Crippen LogP contribution is 2.24. The van der Waals surface area contributed by atoms with Gasteiger partial charge in [-0.2, -0.15) is 0 Å². The summed E-state index contributed by atoms with van der Waals surface area (Å²) in [7, 11) is -0.917. The van der Waals surface area contributed by atoms with Crippen molar-refractivity contribution < 1.29 is 13.2 Å². The van der Waals surface area contributed by atoms with E-state index in [1.54, 1.807) is 31.2 Å². The Balaban J connectivity index is 1.93. The highest BCUT2D eigenvalue weighted by Gasteiger charge is 2.21. The van der Waals surface area contributed by atoms with E-state index in [2.05, 4.69) is 15.3 Å². The second kappa shape index (κ2) is 8.39. The Labute approximate surface area is 178 Å². The average Bonchev–Trinajstić information content (AvgIpc) is 2.67. The Kier molecular flexibility index (Phi) is 6.06. The Hall–Kier alpha value is -3.01. The molecule has 0 unspecified atom stereocenters. The Morgan fingerprint density at radius 2 is 1.87 bits per heavy atom. The molecule has 2 aromatic carbocycles. The van der Waals surface area contributed by atoms with E-state index in [4.69, 9.17) is 11.6 Å². The quantitative estimate of drug-likeness (QED) is 0.625. The molecule has 3 rings (SSSR count). The zero-order chi connectivity index (χ0) is 22.1. The molecule has 0 spiro atoms. The second-order valence-electron chi connectivity index (χ2n) is 6.70. The Morgan fingerprint density at radius 1 is 1.13 bits per heavy atom. The number of carbonyl (C=O) groups excluding carboxylic acids is 1. The van der Waals surface area contributed by atoms with Crippen LogP contribution in [-0.4, -0.2) is 42.7 Å². The van der Waals surface area contributed by atoms with E-state index in [0.29, 0.717) is 22.8 Å². The lowest BCUT2D eigenvalue weighted by Gasteiger charge is -2.13. The summed E-state index contributed by atoms with van der Waals surface area (Å²) in [6, 6.07) is 12.1. The molecule has 1 heterocycles. The Bertz CT molecular complexity index is 1290. The number of hydrogen-bond donors (Lipinski definition) is 2. The summed E-state index contributed by atoms with van der Waals surface area (Å²) in [5.74, 6) is -0.202. The first-order valence-corrected chi connectivity index (χ1v) is 10.6. The number of aryl methyl sites for hydroxylation is 1. The zero-order valence-corrected chi connectivity index (χ0v) is 18.0. The van der Waals surface area contributed by atoms with Gasteiger partial charge in [0.05, 0.1) is 15.5 Å². The van der Waals surface area contributed by atoms with Crippen molar-refractivity contribution in [3.05, 3.63) is 75.2 Å². The fraction of sp³-hybridized carbons (Fsp3) is 0.150. The van der Waals surface area contributed by atoms with E-state index in [1.165, 1.54) is 38.4 Å². The van der Waals surface area contributed by atoms with Gasteiger partial charge >= 0.3 is 0 Å². The molecule has 156 valence electrons. The number of amides is 1. The van der Waals surface area contributed by atoms with Crippen LogP contribution in [0.25, 0.3) is 11.4 Å². The zero-order valence-electron chi connectivity index (χ0n) is 16.4. The summed E-state index contributed by atoms with van der Waals surface area (Å²) in [4.78, 5) is 31.4. The van der Waals surface area contributed by atoms with Crippen LogP contribution < -0.4 is 10.9 Å². The standard InChI is InChI=1S/C20H19ClN4O4S/c1-12-9-18(26)24-19(22-12)13-5-4-6-14(10-13)23-20(27)16-11-15(7-8-17(16)21)30(28,29)25(2)3/h4-11H,1-3H3,(H,23,27)(H,22,24,26). The normalized spacial score (nSPS) is 11.5. The monoisotopic (exact) mass is 446 g/mol. The third-order valence-electron chi connectivity index (χ3n) is 4.22. The van der Waals surface area contributed by atoms with Crippen LogP contribution in [0.2, 0.25) is 5.02 Å². The molecule has 3 aromatic rings. The van der Waals surface area contributed by atoms with Crippen molar-refractivity contribution in [3.63, 3.8) is 0 Å². The van der Waals surface area contributed by atoms with Gasteiger partial charge in [-0.05, 0) is 37.3 Å². The topological polar surface area (TPSA) is 112 Å². The van der Waals surface area contributed by atoms with Gasteiger partial charge in [-0.15, -0.1) is 0 Å². The van der Waals surface area contributed by atoms with Gasteiger partial charge in [-0.25, -0.2) is 17.7 Å². The molecule has 1 amide bonds. The third kappa shape index (κ3) is 4.59. The van der Waals surface area contributed by atoms with Crippen LogP contribution >= 0.6 is 11.6 Å². The molecule has 1 aromatic heterocycles. The average molecular weight is 447 g/mol. The lowest BCUT2D eigenvalue weighted by Crippen LogP contribution is -2.23. The first-order chi connectivity index (χ1) is 14.1. The summed E-state index contributed by atoms with van der Waals surface area (Å²) in [6.07, 6.45) is 0. The lowest BCUT2D eigenvalue weighted by molar-refractivity contribution is 0.102. The predicted molar refractivity (Wildman–Crippen MR) is 115 cm³/mol. The van der Waals surface area contributed by atoms with Crippen molar-refractivity contribution in [1.29, 1.82) is 0 Å². The highest BCUT2D eigenvalue weighted by molar-refractivity contribution is 7.89. The first kappa shape index (κ1) is 21.7. The van der Waals surface area contributed by atoms with E-state index in [0.717, 1.165) is 4.31 Å². The molecule has 0 aliphatic heterocycles. The number of rotatable bonds is 5. The van der Waals surface area contributed by atoms with Gasteiger partial charge in [-0.3, -0.25) is 9.59 Å². The molecule has 2 N–H and O–H groups in total. The lowest BCUT2D eigenvalue weighted by atomic mass is 10.1. The van der Waals surface area contributed by atoms with Crippen molar-refractivity contribution in [3.8, 4) is 11.4 Å². The Morgan fingerprint density at radius 3 is 2.53 bits per heavy atom. The number of benzene rings is 2. The number of halogens is 1. The molecule has 30 heavy (non-hydrogen) atoms. The van der Waals surface area contributed by atoms with Gasteiger partial charge in [0.2, 0.25) is 10.0 Å². The van der Waals surface area contributed by atoms with Gasteiger partial charge < -0.3 is 10.3 Å². The number of H-pyrrole nitrogens is 1. The number of aromatic nitrogens is 2. The van der Waals surface area contributed by atoms with Crippen molar-refractivity contribution in [1.82, 2.24) is 14.3 Å². The molecule has 8 nitrogen and oxygen atoms in total. The predicted octanol–water partition coefficient (Wildman–Crippen LogP) is 2.90. The van der Waals surface area contributed by atoms with E-state index in [1.807, 2.05) is 0 Å². The summed E-state index contributed by atoms with van der Waals surface area (Å²) in [6.45, 7) is 1.71. The van der Waals surface area contributed by atoms with Crippen molar-refractivity contribution in [2.24, 2.45) is 0 Å². The number of hydrogen-bond acceptors (Lipinski definition) is 5. The van der Waals surface area contributed by atoms with Gasteiger partial charge in [0, 0.05) is 37.1 Å². The van der Waals surface area contributed by atoms with Gasteiger partial charge in [0.25, 0.3) is 11.5 Å². The summed E-state index contributed by atoms with van der Waals surface area (Å²) < 4.78 is 25.7.